The van der Waals surface area contributed by atoms with Crippen molar-refractivity contribution in [3.05, 3.63) is 29.6 Å². The van der Waals surface area contributed by atoms with E-state index >= 15 is 0 Å². The minimum absolute atomic E-state index is 0.225. The van der Waals surface area contributed by atoms with Gasteiger partial charge in [-0.15, -0.1) is 0 Å². The molecule has 6 nitrogen and oxygen atoms in total. The van der Waals surface area contributed by atoms with Gasteiger partial charge in [0.05, 0.1) is 12.1 Å². The number of fused-ring (bicyclic) bond motifs is 2. The number of hydrogen-bond acceptors (Lipinski definition) is 4. The van der Waals surface area contributed by atoms with Gasteiger partial charge in [-0.05, 0) is 43.7 Å². The van der Waals surface area contributed by atoms with E-state index in [4.69, 9.17) is 5.11 Å². The van der Waals surface area contributed by atoms with Crippen molar-refractivity contribution in [1.29, 1.82) is 0 Å². The fourth-order valence-corrected chi connectivity index (χ4v) is 3.84. The molecule has 0 amide bonds. The van der Waals surface area contributed by atoms with E-state index in [1.165, 1.54) is 0 Å². The molecular weight excluding hydrogens is 310 g/mol. The number of aliphatic hydroxyl groups excluding tert-OH is 1. The Kier molecular flexibility index (Phi) is 4.07. The van der Waals surface area contributed by atoms with Gasteiger partial charge in [0, 0.05) is 12.6 Å². The van der Waals surface area contributed by atoms with E-state index in [-0.39, 0.29) is 30.0 Å². The zero-order valence-corrected chi connectivity index (χ0v) is 13.6. The minimum Gasteiger partial charge on any atom is -0.505 e. The third-order valence-electron chi connectivity index (χ3n) is 5.29. The summed E-state index contributed by atoms with van der Waals surface area (Å²) in [5, 5.41) is 19.2. The molecule has 0 unspecified atom stereocenters. The van der Waals surface area contributed by atoms with E-state index in [9.17, 15) is 19.5 Å². The number of hydrogen-bond donors (Lipinski definition) is 2. The highest BCUT2D eigenvalue weighted by Crippen LogP contribution is 2.45. The number of carboxylic acids is 1. The second-order valence-electron chi connectivity index (χ2n) is 6.85. The summed E-state index contributed by atoms with van der Waals surface area (Å²) < 4.78 is 1.80. The highest BCUT2D eigenvalue weighted by molar-refractivity contribution is 6.27. The van der Waals surface area contributed by atoms with Crippen LogP contribution in [0.2, 0.25) is 0 Å². The number of aromatic nitrogens is 1. The summed E-state index contributed by atoms with van der Waals surface area (Å²) >= 11 is 0. The van der Waals surface area contributed by atoms with Crippen LogP contribution < -0.4 is 0 Å². The Balaban J connectivity index is 2.04. The lowest BCUT2D eigenvalue weighted by atomic mass is 9.70. The number of aliphatic hydroxyl groups is 1. The van der Waals surface area contributed by atoms with Crippen LogP contribution in [-0.2, 0) is 19.9 Å². The summed E-state index contributed by atoms with van der Waals surface area (Å²) in [6.45, 7) is 2.14. The number of carbonyl (C=O) groups is 3. The lowest BCUT2D eigenvalue weighted by Gasteiger charge is -2.43. The van der Waals surface area contributed by atoms with E-state index in [1.807, 2.05) is 0 Å². The van der Waals surface area contributed by atoms with E-state index in [1.54, 1.807) is 22.9 Å². The van der Waals surface area contributed by atoms with Crippen LogP contribution in [0.4, 0.5) is 0 Å². The van der Waals surface area contributed by atoms with Gasteiger partial charge in [0.15, 0.2) is 17.3 Å². The molecule has 0 atom stereocenters. The molecule has 0 aromatic carbocycles. The average molecular weight is 331 g/mol. The summed E-state index contributed by atoms with van der Waals surface area (Å²) in [6, 6.07) is 3.44. The van der Waals surface area contributed by atoms with Crippen molar-refractivity contribution in [3.63, 3.8) is 0 Å². The third-order valence-corrected chi connectivity index (χ3v) is 5.29. The standard InChI is InChI=1S/C18H21NO5/c1-11-6-8-18(9-7-11)17(24)15(13(20)4-5-14(21)22)16(23)12-3-2-10-19(12)18/h2-3,10-11,23H,4-9H2,1H3,(H,21,22). The first-order valence-electron chi connectivity index (χ1n) is 8.28. The van der Waals surface area contributed by atoms with Gasteiger partial charge in [0.2, 0.25) is 0 Å². The van der Waals surface area contributed by atoms with Gasteiger partial charge in [0.1, 0.15) is 11.1 Å². The van der Waals surface area contributed by atoms with Crippen LogP contribution in [0, 0.1) is 5.92 Å². The van der Waals surface area contributed by atoms with Crippen LogP contribution in [0.25, 0.3) is 5.76 Å². The number of nitrogens with zero attached hydrogens (tertiary/aromatic N) is 1. The van der Waals surface area contributed by atoms with E-state index in [2.05, 4.69) is 6.92 Å². The highest BCUT2D eigenvalue weighted by atomic mass is 16.4. The molecule has 2 aliphatic rings. The largest absolute Gasteiger partial charge is 0.505 e. The minimum atomic E-state index is -1.10. The molecule has 1 fully saturated rings. The van der Waals surface area contributed by atoms with E-state index in [0.29, 0.717) is 24.5 Å². The van der Waals surface area contributed by atoms with Crippen molar-refractivity contribution in [2.45, 2.75) is 51.0 Å². The lowest BCUT2D eigenvalue weighted by molar-refractivity contribution is -0.139. The smallest absolute Gasteiger partial charge is 0.303 e. The topological polar surface area (TPSA) is 96.6 Å². The Labute approximate surface area is 139 Å². The third kappa shape index (κ3) is 2.46. The normalized spacial score (nSPS) is 26.5. The van der Waals surface area contributed by atoms with Crippen molar-refractivity contribution >= 4 is 23.3 Å². The summed E-state index contributed by atoms with van der Waals surface area (Å²) in [4.78, 5) is 36.3. The van der Waals surface area contributed by atoms with Crippen LogP contribution >= 0.6 is 0 Å². The zero-order chi connectivity index (χ0) is 17.5. The summed E-state index contributed by atoms with van der Waals surface area (Å²) in [5.41, 5.74) is -0.592. The van der Waals surface area contributed by atoms with E-state index in [0.717, 1.165) is 12.8 Å². The van der Waals surface area contributed by atoms with Gasteiger partial charge in [0.25, 0.3) is 0 Å². The zero-order valence-electron chi connectivity index (χ0n) is 13.6. The van der Waals surface area contributed by atoms with Gasteiger partial charge in [-0.1, -0.05) is 6.92 Å². The molecule has 6 heteroatoms. The number of aliphatic carboxylic acids is 1. The van der Waals surface area contributed by atoms with Gasteiger partial charge in [-0.25, -0.2) is 0 Å². The molecule has 24 heavy (non-hydrogen) atoms. The first kappa shape index (κ1) is 16.5. The molecule has 1 aromatic rings. The lowest BCUT2D eigenvalue weighted by Crippen LogP contribution is -2.49. The summed E-state index contributed by atoms with van der Waals surface area (Å²) in [7, 11) is 0. The molecule has 2 heterocycles. The molecule has 1 aromatic heterocycles. The number of allylic oxidation sites excluding steroid dienone is 1. The summed E-state index contributed by atoms with van der Waals surface area (Å²) in [5.74, 6) is -1.87. The maximum Gasteiger partial charge on any atom is 0.303 e. The van der Waals surface area contributed by atoms with Crippen molar-refractivity contribution < 1.29 is 24.6 Å². The maximum absolute atomic E-state index is 13.2. The Morgan fingerprint density at radius 2 is 1.96 bits per heavy atom. The number of ketones is 2. The van der Waals surface area contributed by atoms with Crippen LogP contribution in [0.1, 0.15) is 51.1 Å². The number of rotatable bonds is 4. The summed E-state index contributed by atoms with van der Waals surface area (Å²) in [6.07, 6.45) is 4.14. The predicted molar refractivity (Wildman–Crippen MR) is 86.5 cm³/mol. The quantitative estimate of drug-likeness (QED) is 0.827. The average Bonchev–Trinajstić information content (AvgIpc) is 3.03. The Morgan fingerprint density at radius 3 is 2.58 bits per heavy atom. The first-order valence-corrected chi connectivity index (χ1v) is 8.28. The number of carbonyl (C=O) groups excluding carboxylic acids is 2. The molecule has 3 rings (SSSR count). The Hall–Kier alpha value is -2.37. The van der Waals surface area contributed by atoms with Crippen LogP contribution in [0.15, 0.2) is 23.9 Å². The highest BCUT2D eigenvalue weighted by Gasteiger charge is 2.49. The molecular formula is C18H21NO5. The van der Waals surface area contributed by atoms with Crippen molar-refractivity contribution in [3.8, 4) is 0 Å². The Morgan fingerprint density at radius 1 is 1.29 bits per heavy atom. The first-order chi connectivity index (χ1) is 11.4. The van der Waals surface area contributed by atoms with Crippen LogP contribution in [-0.4, -0.2) is 32.3 Å². The monoisotopic (exact) mass is 331 g/mol. The number of carboxylic acid groups (broad SMARTS) is 1. The van der Waals surface area contributed by atoms with E-state index < -0.39 is 17.3 Å². The molecule has 1 spiro atoms. The predicted octanol–water partition coefficient (Wildman–Crippen LogP) is 2.68. The SMILES string of the molecule is CC1CCC2(CC1)C(=O)C(C(=O)CCC(=O)O)=C(O)c1cccn12. The molecule has 1 saturated carbocycles. The second kappa shape index (κ2) is 5.92. The molecule has 0 radical (unpaired) electrons. The van der Waals surface area contributed by atoms with Gasteiger partial charge < -0.3 is 14.8 Å². The fourth-order valence-electron chi connectivity index (χ4n) is 3.84. The van der Waals surface area contributed by atoms with Crippen molar-refractivity contribution in [2.24, 2.45) is 5.92 Å². The number of Topliss-reactive ketones (excluding diaryl/α,β-unsaturated/α-hetero) is 2. The van der Waals surface area contributed by atoms with Gasteiger partial charge in [-0.2, -0.15) is 0 Å². The maximum atomic E-state index is 13.2. The van der Waals surface area contributed by atoms with Crippen molar-refractivity contribution in [1.82, 2.24) is 4.57 Å². The second-order valence-corrected chi connectivity index (χ2v) is 6.85. The van der Waals surface area contributed by atoms with Gasteiger partial charge >= 0.3 is 5.97 Å². The molecule has 2 N–H and O–H groups in total. The molecule has 0 bridgehead atoms. The fraction of sp³-hybridized carbons (Fsp3) is 0.500. The molecule has 1 aliphatic carbocycles. The van der Waals surface area contributed by atoms with Gasteiger partial charge in [-0.3, -0.25) is 14.4 Å². The van der Waals surface area contributed by atoms with Crippen molar-refractivity contribution in [2.75, 3.05) is 0 Å². The van der Waals surface area contributed by atoms with Crippen LogP contribution in [0.5, 0.6) is 0 Å². The molecule has 0 saturated heterocycles. The van der Waals surface area contributed by atoms with Crippen LogP contribution in [0.3, 0.4) is 0 Å². The Bertz CT molecular complexity index is 734. The molecule has 1 aliphatic heterocycles. The molecule has 128 valence electrons.